The molecule has 0 aliphatic carbocycles. The van der Waals surface area contributed by atoms with Crippen LogP contribution < -0.4 is 11.1 Å². The number of rotatable bonds is 8. The zero-order valence-electron chi connectivity index (χ0n) is 18.6. The number of benzene rings is 3. The molecule has 163 valence electrons. The number of primary amides is 1. The molecule has 1 heterocycles. The minimum Gasteiger partial charge on any atom is -0.366 e. The molecule has 0 aliphatic heterocycles. The van der Waals surface area contributed by atoms with Crippen molar-refractivity contribution in [3.05, 3.63) is 77.4 Å². The van der Waals surface area contributed by atoms with E-state index in [4.69, 9.17) is 5.73 Å². The molecule has 0 unspecified atom stereocenters. The number of aromatic nitrogens is 1. The zero-order valence-corrected chi connectivity index (χ0v) is 18.6. The molecule has 0 spiro atoms. The van der Waals surface area contributed by atoms with E-state index in [0.717, 1.165) is 45.9 Å². The topological polar surface area (TPSA) is 77.1 Å². The molecule has 1 aromatic heterocycles. The summed E-state index contributed by atoms with van der Waals surface area (Å²) in [6, 6.07) is 21.2. The van der Waals surface area contributed by atoms with Gasteiger partial charge in [-0.2, -0.15) is 0 Å². The molecule has 32 heavy (non-hydrogen) atoms. The highest BCUT2D eigenvalue weighted by atomic mass is 16.1. The Labute approximate surface area is 188 Å². The lowest BCUT2D eigenvalue weighted by Gasteiger charge is -2.10. The van der Waals surface area contributed by atoms with Crippen LogP contribution in [0.1, 0.15) is 54.6 Å². The lowest BCUT2D eigenvalue weighted by molar-refractivity contribution is -0.114. The second-order valence-corrected chi connectivity index (χ2v) is 8.25. The summed E-state index contributed by atoms with van der Waals surface area (Å²) in [6.07, 6.45) is 4.54. The molecule has 0 saturated heterocycles. The smallest absolute Gasteiger partial charge is 0.249 e. The number of carbonyl (C=O) groups is 2. The predicted octanol–water partition coefficient (Wildman–Crippen LogP) is 5.43. The fraction of sp³-hybridized carbons (Fsp3) is 0.259. The van der Waals surface area contributed by atoms with Crippen LogP contribution in [0.4, 0.5) is 5.69 Å². The molecule has 3 N–H and O–H groups in total. The van der Waals surface area contributed by atoms with Gasteiger partial charge in [-0.3, -0.25) is 9.59 Å². The number of aryl methyl sites for hydroxylation is 1. The van der Waals surface area contributed by atoms with E-state index in [0.29, 0.717) is 12.1 Å². The van der Waals surface area contributed by atoms with Crippen molar-refractivity contribution in [1.82, 2.24) is 4.57 Å². The van der Waals surface area contributed by atoms with Crippen LogP contribution in [0.2, 0.25) is 0 Å². The Morgan fingerprint density at radius 3 is 2.50 bits per heavy atom. The number of hydrogen-bond acceptors (Lipinski definition) is 2. The molecule has 0 atom stereocenters. The van der Waals surface area contributed by atoms with Crippen molar-refractivity contribution in [1.29, 1.82) is 0 Å². The summed E-state index contributed by atoms with van der Waals surface area (Å²) in [5, 5.41) is 4.57. The first kappa shape index (κ1) is 21.6. The number of fused-ring (bicyclic) bond motifs is 3. The summed E-state index contributed by atoms with van der Waals surface area (Å²) < 4.78 is 2.23. The van der Waals surface area contributed by atoms with Gasteiger partial charge in [0.05, 0.1) is 11.0 Å². The second kappa shape index (κ2) is 9.27. The molecule has 3 aromatic carbocycles. The number of amides is 2. The lowest BCUT2D eigenvalue weighted by Crippen LogP contribution is -2.11. The minimum atomic E-state index is -0.435. The van der Waals surface area contributed by atoms with Crippen LogP contribution in [0.25, 0.3) is 21.8 Å². The third kappa shape index (κ3) is 4.37. The van der Waals surface area contributed by atoms with E-state index < -0.39 is 5.91 Å². The lowest BCUT2D eigenvalue weighted by atomic mass is 10.0. The molecular formula is C27H28N3O2. The van der Waals surface area contributed by atoms with Crippen LogP contribution in [0.5, 0.6) is 0 Å². The van der Waals surface area contributed by atoms with Crippen molar-refractivity contribution in [2.24, 2.45) is 5.73 Å². The minimum absolute atomic E-state index is 0.0923. The summed E-state index contributed by atoms with van der Waals surface area (Å²) in [6.45, 7) is 4.33. The van der Waals surface area contributed by atoms with Gasteiger partial charge in [-0.1, -0.05) is 44.0 Å². The summed E-state index contributed by atoms with van der Waals surface area (Å²) >= 11 is 0. The van der Waals surface area contributed by atoms with Gasteiger partial charge in [0.1, 0.15) is 0 Å². The Bertz CT molecular complexity index is 1290. The number of carbonyl (C=O) groups excluding carboxylic acids is 2. The van der Waals surface area contributed by atoms with Gasteiger partial charge in [-0.25, -0.2) is 0 Å². The third-order valence-corrected chi connectivity index (χ3v) is 5.80. The second-order valence-electron chi connectivity index (χ2n) is 8.25. The highest BCUT2D eigenvalue weighted by Crippen LogP contribution is 2.33. The van der Waals surface area contributed by atoms with E-state index in [1.165, 1.54) is 25.3 Å². The Morgan fingerprint density at radius 1 is 1.03 bits per heavy atom. The average molecular weight is 427 g/mol. The predicted molar refractivity (Wildman–Crippen MR) is 130 cm³/mol. The normalized spacial score (nSPS) is 11.2. The molecule has 0 fully saturated rings. The van der Waals surface area contributed by atoms with E-state index in [1.54, 1.807) is 6.07 Å². The molecule has 2 amide bonds. The van der Waals surface area contributed by atoms with Gasteiger partial charge >= 0.3 is 0 Å². The van der Waals surface area contributed by atoms with Crippen LogP contribution in [-0.2, 0) is 17.8 Å². The van der Waals surface area contributed by atoms with Crippen molar-refractivity contribution in [2.45, 2.75) is 46.1 Å². The first-order valence-corrected chi connectivity index (χ1v) is 11.1. The fourth-order valence-electron chi connectivity index (χ4n) is 4.28. The molecule has 1 radical (unpaired) electrons. The van der Waals surface area contributed by atoms with Crippen molar-refractivity contribution in [2.75, 3.05) is 5.32 Å². The average Bonchev–Trinajstić information content (AvgIpc) is 3.08. The maximum Gasteiger partial charge on any atom is 0.249 e. The summed E-state index contributed by atoms with van der Waals surface area (Å²) in [5.41, 5.74) is 11.3. The fourth-order valence-corrected chi connectivity index (χ4v) is 4.28. The van der Waals surface area contributed by atoms with Crippen LogP contribution in [0.15, 0.2) is 54.6 Å². The first-order valence-electron chi connectivity index (χ1n) is 11.1. The van der Waals surface area contributed by atoms with Crippen molar-refractivity contribution in [3.8, 4) is 0 Å². The van der Waals surface area contributed by atoms with Gasteiger partial charge < -0.3 is 15.6 Å². The molecule has 0 aliphatic rings. The molecule has 0 bridgehead atoms. The molecule has 5 heteroatoms. The van der Waals surface area contributed by atoms with E-state index in [-0.39, 0.29) is 5.91 Å². The highest BCUT2D eigenvalue weighted by molar-refractivity contribution is 6.17. The molecule has 4 rings (SSSR count). The SMILES string of the molecule is CCCCCc1c[c]c2c3c(C(N)=O)cccc3n(Cc3ccc(NC(C)=O)cc3)c2c1. The quantitative estimate of drug-likeness (QED) is 0.368. The molecule has 4 aromatic rings. The van der Waals surface area contributed by atoms with Crippen molar-refractivity contribution < 1.29 is 9.59 Å². The summed E-state index contributed by atoms with van der Waals surface area (Å²) in [7, 11) is 0. The summed E-state index contributed by atoms with van der Waals surface area (Å²) in [5.74, 6) is -0.528. The van der Waals surface area contributed by atoms with Crippen LogP contribution in [-0.4, -0.2) is 16.4 Å². The van der Waals surface area contributed by atoms with Crippen molar-refractivity contribution in [3.63, 3.8) is 0 Å². The van der Waals surface area contributed by atoms with E-state index in [2.05, 4.69) is 28.9 Å². The Morgan fingerprint density at radius 2 is 1.81 bits per heavy atom. The monoisotopic (exact) mass is 426 g/mol. The first-order chi connectivity index (χ1) is 15.5. The van der Waals surface area contributed by atoms with Gasteiger partial charge in [0.2, 0.25) is 11.8 Å². The number of hydrogen-bond donors (Lipinski definition) is 2. The van der Waals surface area contributed by atoms with Gasteiger partial charge in [0.25, 0.3) is 0 Å². The number of unbranched alkanes of at least 4 members (excludes halogenated alkanes) is 2. The summed E-state index contributed by atoms with van der Waals surface area (Å²) in [4.78, 5) is 23.5. The zero-order chi connectivity index (χ0) is 22.7. The van der Waals surface area contributed by atoms with Crippen molar-refractivity contribution >= 4 is 39.3 Å². The van der Waals surface area contributed by atoms with E-state index in [9.17, 15) is 9.59 Å². The van der Waals surface area contributed by atoms with Crippen LogP contribution >= 0.6 is 0 Å². The van der Waals surface area contributed by atoms with Gasteiger partial charge in [0, 0.05) is 35.5 Å². The Balaban J connectivity index is 1.82. The maximum atomic E-state index is 12.2. The number of nitrogens with zero attached hydrogens (tertiary/aromatic N) is 1. The number of nitrogens with one attached hydrogen (secondary N) is 1. The number of nitrogens with two attached hydrogens (primary N) is 1. The highest BCUT2D eigenvalue weighted by Gasteiger charge is 2.17. The third-order valence-electron chi connectivity index (χ3n) is 5.80. The van der Waals surface area contributed by atoms with E-state index >= 15 is 0 Å². The van der Waals surface area contributed by atoms with Gasteiger partial charge in [0.15, 0.2) is 0 Å². The number of anilines is 1. The molecule has 5 nitrogen and oxygen atoms in total. The van der Waals surface area contributed by atoms with Gasteiger partial charge in [-0.15, -0.1) is 0 Å². The standard InChI is InChI=1S/C27H28N3O2/c1-3-4-5-7-19-12-15-22-25(16-19)30(24-9-6-8-23(26(22)24)27(28)32)17-20-10-13-21(14-11-20)29-18(2)31/h6,8-14,16H,3-5,7,17H2,1-2H3,(H2,28,32)(H,29,31). The van der Waals surface area contributed by atoms with Crippen LogP contribution in [0.3, 0.4) is 0 Å². The Kier molecular flexibility index (Phi) is 6.26. The largest absolute Gasteiger partial charge is 0.366 e. The Hall–Kier alpha value is -3.60. The van der Waals surface area contributed by atoms with Gasteiger partial charge in [-0.05, 0) is 60.4 Å². The molecular weight excluding hydrogens is 398 g/mol. The maximum absolute atomic E-state index is 12.2. The molecule has 0 saturated carbocycles. The van der Waals surface area contributed by atoms with E-state index in [1.807, 2.05) is 42.5 Å². The van der Waals surface area contributed by atoms with Crippen LogP contribution in [0, 0.1) is 6.07 Å².